The summed E-state index contributed by atoms with van der Waals surface area (Å²) in [5.74, 6) is 1.53. The highest BCUT2D eigenvalue weighted by molar-refractivity contribution is 14.0. The molecular weight excluding hydrogens is 463 g/mol. The number of benzene rings is 1. The second-order valence-corrected chi connectivity index (χ2v) is 6.42. The minimum Gasteiger partial charge on any atom is -0.482 e. The van der Waals surface area contributed by atoms with Crippen LogP contribution in [0.3, 0.4) is 0 Å². The van der Waals surface area contributed by atoms with Crippen molar-refractivity contribution in [2.45, 2.75) is 13.0 Å². The molecule has 1 amide bonds. The van der Waals surface area contributed by atoms with Crippen molar-refractivity contribution >= 4 is 52.9 Å². The predicted molar refractivity (Wildman–Crippen MR) is 117 cm³/mol. The van der Waals surface area contributed by atoms with Crippen LogP contribution in [-0.4, -0.2) is 38.6 Å². The van der Waals surface area contributed by atoms with Gasteiger partial charge in [-0.1, -0.05) is 12.1 Å². The maximum atomic E-state index is 12.1. The lowest BCUT2D eigenvalue weighted by atomic mass is 10.2. The highest BCUT2D eigenvalue weighted by Crippen LogP contribution is 2.31. The van der Waals surface area contributed by atoms with Gasteiger partial charge in [-0.15, -0.1) is 24.0 Å². The molecule has 3 rings (SSSR count). The Balaban J connectivity index is 0.00000243. The van der Waals surface area contributed by atoms with E-state index < -0.39 is 0 Å². The zero-order valence-electron chi connectivity index (χ0n) is 14.6. The summed E-state index contributed by atoms with van der Waals surface area (Å²) in [4.78, 5) is 18.1. The number of thiophene rings is 1. The zero-order valence-corrected chi connectivity index (χ0v) is 17.8. The van der Waals surface area contributed by atoms with Gasteiger partial charge in [0, 0.05) is 26.7 Å². The minimum absolute atomic E-state index is 0. The van der Waals surface area contributed by atoms with E-state index in [9.17, 15) is 4.79 Å². The Morgan fingerprint density at radius 2 is 2.15 bits per heavy atom. The fraction of sp³-hybridized carbons (Fsp3) is 0.333. The number of hydrogen-bond donors (Lipinski definition) is 2. The average Bonchev–Trinajstić information content (AvgIpc) is 3.16. The second-order valence-electron chi connectivity index (χ2n) is 5.64. The first-order chi connectivity index (χ1) is 12.3. The zero-order chi connectivity index (χ0) is 17.5. The summed E-state index contributed by atoms with van der Waals surface area (Å²) >= 11 is 1.68. The molecule has 2 heterocycles. The molecule has 0 aliphatic carbocycles. The summed E-state index contributed by atoms with van der Waals surface area (Å²) in [6.07, 6.45) is 0.819. The Bertz CT molecular complexity index is 737. The number of halogens is 1. The summed E-state index contributed by atoms with van der Waals surface area (Å²) in [7, 11) is 1.75. The van der Waals surface area contributed by atoms with Crippen LogP contribution >= 0.6 is 35.3 Å². The van der Waals surface area contributed by atoms with Gasteiger partial charge in [0.2, 0.25) is 0 Å². The molecule has 1 aromatic heterocycles. The topological polar surface area (TPSA) is 66.0 Å². The van der Waals surface area contributed by atoms with E-state index in [2.05, 4.69) is 32.5 Å². The number of nitrogens with zero attached hydrogens (tertiary/aromatic N) is 2. The molecule has 0 bridgehead atoms. The van der Waals surface area contributed by atoms with Gasteiger partial charge in [-0.25, -0.2) is 0 Å². The summed E-state index contributed by atoms with van der Waals surface area (Å²) in [6, 6.07) is 9.73. The lowest BCUT2D eigenvalue weighted by molar-refractivity contribution is -0.121. The number of aliphatic imine (C=N–C) groups is 1. The summed E-state index contributed by atoms with van der Waals surface area (Å²) < 4.78 is 5.46. The number of nitrogens with one attached hydrogen (secondary N) is 2. The molecule has 0 atom stereocenters. The number of amides is 1. The molecule has 1 aliphatic heterocycles. The van der Waals surface area contributed by atoms with E-state index in [0.29, 0.717) is 6.54 Å². The third-order valence-corrected chi connectivity index (χ3v) is 4.65. The molecule has 26 heavy (non-hydrogen) atoms. The van der Waals surface area contributed by atoms with Crippen LogP contribution in [0.15, 0.2) is 46.1 Å². The van der Waals surface area contributed by atoms with Crippen LogP contribution < -0.4 is 20.3 Å². The fourth-order valence-electron chi connectivity index (χ4n) is 2.64. The smallest absolute Gasteiger partial charge is 0.265 e. The monoisotopic (exact) mass is 486 g/mol. The van der Waals surface area contributed by atoms with E-state index in [1.807, 2.05) is 24.3 Å². The highest BCUT2D eigenvalue weighted by Gasteiger charge is 2.24. The first-order valence-electron chi connectivity index (χ1n) is 8.25. The molecule has 0 fully saturated rings. The van der Waals surface area contributed by atoms with Crippen molar-refractivity contribution in [3.8, 4) is 5.75 Å². The number of para-hydroxylation sites is 2. The van der Waals surface area contributed by atoms with Crippen molar-refractivity contribution in [2.75, 3.05) is 31.6 Å². The van der Waals surface area contributed by atoms with Crippen molar-refractivity contribution in [3.05, 3.63) is 46.7 Å². The minimum atomic E-state index is -0.00124. The number of carbonyl (C=O) groups excluding carboxylic acids is 1. The Morgan fingerprint density at radius 3 is 2.92 bits per heavy atom. The van der Waals surface area contributed by atoms with Gasteiger partial charge in [0.05, 0.1) is 5.69 Å². The number of fused-ring (bicyclic) bond motifs is 1. The Morgan fingerprint density at radius 1 is 1.31 bits per heavy atom. The van der Waals surface area contributed by atoms with Gasteiger partial charge in [-0.3, -0.25) is 9.79 Å². The van der Waals surface area contributed by atoms with Gasteiger partial charge in [-0.05, 0) is 40.9 Å². The van der Waals surface area contributed by atoms with Gasteiger partial charge >= 0.3 is 0 Å². The van der Waals surface area contributed by atoms with Gasteiger partial charge in [0.1, 0.15) is 5.75 Å². The van der Waals surface area contributed by atoms with Gasteiger partial charge in [-0.2, -0.15) is 11.3 Å². The molecule has 8 heteroatoms. The third kappa shape index (κ3) is 5.34. The molecule has 6 nitrogen and oxygen atoms in total. The van der Waals surface area contributed by atoms with Crippen LogP contribution in [-0.2, 0) is 11.3 Å². The van der Waals surface area contributed by atoms with Crippen LogP contribution in [0.4, 0.5) is 5.69 Å². The second kappa shape index (κ2) is 10.4. The highest BCUT2D eigenvalue weighted by atomic mass is 127. The SMILES string of the molecule is CN=C(NCCCN1C(=O)COc2ccccc21)NCc1ccsc1.I. The quantitative estimate of drug-likeness (QED) is 0.285. The first-order valence-corrected chi connectivity index (χ1v) is 9.20. The standard InChI is InChI=1S/C18H22N4O2S.HI/c1-19-18(21-11-14-7-10-25-13-14)20-8-4-9-22-15-5-2-3-6-16(15)24-12-17(22)23;/h2-3,5-7,10,13H,4,8-9,11-12H2,1H3,(H2,19,20,21);1H. The lowest BCUT2D eigenvalue weighted by Crippen LogP contribution is -2.41. The van der Waals surface area contributed by atoms with E-state index in [1.54, 1.807) is 23.3 Å². The molecule has 0 unspecified atom stereocenters. The van der Waals surface area contributed by atoms with Crippen molar-refractivity contribution in [1.29, 1.82) is 0 Å². The number of anilines is 1. The van der Waals surface area contributed by atoms with Gasteiger partial charge in [0.15, 0.2) is 12.6 Å². The van der Waals surface area contributed by atoms with E-state index in [0.717, 1.165) is 36.9 Å². The molecule has 0 spiro atoms. The normalized spacial score (nSPS) is 13.5. The van der Waals surface area contributed by atoms with E-state index in [-0.39, 0.29) is 36.5 Å². The summed E-state index contributed by atoms with van der Waals surface area (Å²) in [5.41, 5.74) is 2.09. The number of hydrogen-bond acceptors (Lipinski definition) is 4. The van der Waals surface area contributed by atoms with E-state index in [1.165, 1.54) is 5.56 Å². The molecule has 1 aromatic carbocycles. The molecule has 0 saturated carbocycles. The third-order valence-electron chi connectivity index (χ3n) is 3.92. The summed E-state index contributed by atoms with van der Waals surface area (Å²) in [5, 5.41) is 10.7. The Kier molecular flexibility index (Phi) is 8.17. The lowest BCUT2D eigenvalue weighted by Gasteiger charge is -2.29. The Hall–Kier alpha value is -1.81. The van der Waals surface area contributed by atoms with Gasteiger partial charge in [0.25, 0.3) is 5.91 Å². The molecule has 0 saturated heterocycles. The summed E-state index contributed by atoms with van der Waals surface area (Å²) in [6.45, 7) is 2.23. The first kappa shape index (κ1) is 20.5. The number of rotatable bonds is 6. The van der Waals surface area contributed by atoms with Crippen LogP contribution in [0.2, 0.25) is 0 Å². The average molecular weight is 486 g/mol. The van der Waals surface area contributed by atoms with Crippen molar-refractivity contribution in [3.63, 3.8) is 0 Å². The molecule has 140 valence electrons. The maximum absolute atomic E-state index is 12.1. The molecule has 0 radical (unpaired) electrons. The predicted octanol–water partition coefficient (Wildman–Crippen LogP) is 2.85. The molecule has 2 N–H and O–H groups in total. The molecule has 2 aromatic rings. The van der Waals surface area contributed by atoms with Crippen LogP contribution in [0, 0.1) is 0 Å². The number of guanidine groups is 1. The van der Waals surface area contributed by atoms with Crippen LogP contribution in [0.1, 0.15) is 12.0 Å². The van der Waals surface area contributed by atoms with Crippen molar-refractivity contribution < 1.29 is 9.53 Å². The van der Waals surface area contributed by atoms with Crippen molar-refractivity contribution in [1.82, 2.24) is 10.6 Å². The van der Waals surface area contributed by atoms with E-state index >= 15 is 0 Å². The number of carbonyl (C=O) groups is 1. The fourth-order valence-corrected chi connectivity index (χ4v) is 3.31. The number of ether oxygens (including phenoxy) is 1. The van der Waals surface area contributed by atoms with Crippen LogP contribution in [0.25, 0.3) is 0 Å². The van der Waals surface area contributed by atoms with E-state index in [4.69, 9.17) is 4.74 Å². The molecule has 1 aliphatic rings. The van der Waals surface area contributed by atoms with Crippen LogP contribution in [0.5, 0.6) is 5.75 Å². The molecular formula is C18H23IN4O2S. The maximum Gasteiger partial charge on any atom is 0.265 e. The Labute approximate surface area is 174 Å². The van der Waals surface area contributed by atoms with Gasteiger partial charge < -0.3 is 20.3 Å². The largest absolute Gasteiger partial charge is 0.482 e. The van der Waals surface area contributed by atoms with Crippen molar-refractivity contribution in [2.24, 2.45) is 4.99 Å².